The summed E-state index contributed by atoms with van der Waals surface area (Å²) in [6.07, 6.45) is 11.1. The summed E-state index contributed by atoms with van der Waals surface area (Å²) in [7, 11) is 0. The molecule has 4 aliphatic carbocycles. The maximum Gasteiger partial charge on any atom is 0.0545 e. The molecule has 2 heteroatoms. The lowest BCUT2D eigenvalue weighted by Gasteiger charge is -2.61. The standard InChI is InChI=1S/C21H36O2/c1-13(22)17-6-7-18-16-5-4-14-12-15(23)8-10-20(14,2)19(16)9-11-21(17,18)3/h13-19,22-23H,4-12H2,1-3H3/t13-,14-,15-,16?,17?,18?,19?,20?,21?/m0/s1. The normalized spacial score (nSPS) is 57.3. The van der Waals surface area contributed by atoms with Gasteiger partial charge < -0.3 is 10.2 Å². The lowest BCUT2D eigenvalue weighted by atomic mass is 9.44. The largest absolute Gasteiger partial charge is 0.393 e. The van der Waals surface area contributed by atoms with E-state index in [9.17, 15) is 10.2 Å². The Hall–Kier alpha value is -0.0800. The highest BCUT2D eigenvalue weighted by Gasteiger charge is 2.60. The Bertz CT molecular complexity index is 461. The first-order valence-electron chi connectivity index (χ1n) is 10.2. The Morgan fingerprint density at radius 2 is 1.57 bits per heavy atom. The van der Waals surface area contributed by atoms with Gasteiger partial charge in [0.2, 0.25) is 0 Å². The molecule has 0 amide bonds. The molecule has 9 atom stereocenters. The Balaban J connectivity index is 1.60. The van der Waals surface area contributed by atoms with Crippen molar-refractivity contribution in [2.75, 3.05) is 0 Å². The molecule has 4 fully saturated rings. The lowest BCUT2D eigenvalue weighted by molar-refractivity contribution is -0.132. The third kappa shape index (κ3) is 2.27. The highest BCUT2D eigenvalue weighted by Crippen LogP contribution is 2.67. The average Bonchev–Trinajstić information content (AvgIpc) is 2.85. The first-order chi connectivity index (χ1) is 10.9. The van der Waals surface area contributed by atoms with Crippen LogP contribution in [0.25, 0.3) is 0 Å². The minimum absolute atomic E-state index is 0.0374. The van der Waals surface area contributed by atoms with Crippen LogP contribution in [0.4, 0.5) is 0 Å². The third-order valence-corrected chi connectivity index (χ3v) is 9.29. The van der Waals surface area contributed by atoms with Crippen molar-refractivity contribution in [2.45, 2.75) is 90.8 Å². The van der Waals surface area contributed by atoms with E-state index in [0.29, 0.717) is 16.7 Å². The van der Waals surface area contributed by atoms with Crippen LogP contribution >= 0.6 is 0 Å². The summed E-state index contributed by atoms with van der Waals surface area (Å²) in [5.41, 5.74) is 0.860. The van der Waals surface area contributed by atoms with Gasteiger partial charge in [0.05, 0.1) is 12.2 Å². The van der Waals surface area contributed by atoms with E-state index >= 15 is 0 Å². The Morgan fingerprint density at radius 3 is 2.30 bits per heavy atom. The van der Waals surface area contributed by atoms with Gasteiger partial charge in [-0.2, -0.15) is 0 Å². The molecule has 6 unspecified atom stereocenters. The molecule has 0 heterocycles. The zero-order valence-electron chi connectivity index (χ0n) is 15.3. The number of fused-ring (bicyclic) bond motifs is 5. The van der Waals surface area contributed by atoms with Crippen LogP contribution in [-0.4, -0.2) is 22.4 Å². The van der Waals surface area contributed by atoms with Gasteiger partial charge >= 0.3 is 0 Å². The fraction of sp³-hybridized carbons (Fsp3) is 1.00. The average molecular weight is 321 g/mol. The topological polar surface area (TPSA) is 40.5 Å². The van der Waals surface area contributed by atoms with E-state index in [-0.39, 0.29) is 12.2 Å². The van der Waals surface area contributed by atoms with Gasteiger partial charge in [-0.3, -0.25) is 0 Å². The van der Waals surface area contributed by atoms with Gasteiger partial charge in [0.15, 0.2) is 0 Å². The molecule has 0 spiro atoms. The third-order valence-electron chi connectivity index (χ3n) is 9.29. The molecule has 4 aliphatic rings. The number of hydrogen-bond donors (Lipinski definition) is 2. The molecule has 0 aliphatic heterocycles. The molecule has 0 aromatic carbocycles. The quantitative estimate of drug-likeness (QED) is 0.752. The second-order valence-electron chi connectivity index (χ2n) is 10.1. The van der Waals surface area contributed by atoms with E-state index in [4.69, 9.17) is 0 Å². The number of aliphatic hydroxyl groups excluding tert-OH is 2. The molecule has 4 saturated carbocycles. The first kappa shape index (κ1) is 16.4. The van der Waals surface area contributed by atoms with Crippen LogP contribution in [0.1, 0.15) is 78.6 Å². The summed E-state index contributed by atoms with van der Waals surface area (Å²) in [5, 5.41) is 20.4. The smallest absolute Gasteiger partial charge is 0.0545 e. The van der Waals surface area contributed by atoms with Crippen LogP contribution in [0.15, 0.2) is 0 Å². The summed E-state index contributed by atoms with van der Waals surface area (Å²) in [6.45, 7) is 7.08. The van der Waals surface area contributed by atoms with E-state index in [0.717, 1.165) is 36.5 Å². The molecule has 2 N–H and O–H groups in total. The zero-order valence-corrected chi connectivity index (χ0v) is 15.3. The van der Waals surface area contributed by atoms with Crippen LogP contribution < -0.4 is 0 Å². The van der Waals surface area contributed by atoms with E-state index in [1.54, 1.807) is 0 Å². The first-order valence-corrected chi connectivity index (χ1v) is 10.2. The van der Waals surface area contributed by atoms with Crippen molar-refractivity contribution in [3.8, 4) is 0 Å². The molecule has 0 aromatic rings. The second-order valence-corrected chi connectivity index (χ2v) is 10.1. The fourth-order valence-corrected chi connectivity index (χ4v) is 8.07. The molecule has 0 saturated heterocycles. The summed E-state index contributed by atoms with van der Waals surface area (Å²) in [6, 6.07) is 0. The molecule has 132 valence electrons. The molecule has 2 nitrogen and oxygen atoms in total. The van der Waals surface area contributed by atoms with E-state index in [1.807, 2.05) is 6.92 Å². The van der Waals surface area contributed by atoms with Crippen LogP contribution in [0.2, 0.25) is 0 Å². The molecular formula is C21H36O2. The SMILES string of the molecule is C[C@H](O)C1CCC2C3CC[C@H]4C[C@@H](O)CCC4(C)C3CCC21C. The molecule has 23 heavy (non-hydrogen) atoms. The molecule has 0 aromatic heterocycles. The van der Waals surface area contributed by atoms with Crippen molar-refractivity contribution >= 4 is 0 Å². The minimum atomic E-state index is -0.140. The van der Waals surface area contributed by atoms with Crippen LogP contribution in [-0.2, 0) is 0 Å². The van der Waals surface area contributed by atoms with Gasteiger partial charge in [-0.25, -0.2) is 0 Å². The van der Waals surface area contributed by atoms with Crippen LogP contribution in [0.5, 0.6) is 0 Å². The summed E-state index contributed by atoms with van der Waals surface area (Å²) < 4.78 is 0. The minimum Gasteiger partial charge on any atom is -0.393 e. The van der Waals surface area contributed by atoms with Crippen molar-refractivity contribution in [1.82, 2.24) is 0 Å². The van der Waals surface area contributed by atoms with Crippen molar-refractivity contribution in [1.29, 1.82) is 0 Å². The van der Waals surface area contributed by atoms with E-state index in [2.05, 4.69) is 13.8 Å². The monoisotopic (exact) mass is 320 g/mol. The Morgan fingerprint density at radius 1 is 0.870 bits per heavy atom. The highest BCUT2D eigenvalue weighted by atomic mass is 16.3. The summed E-state index contributed by atoms with van der Waals surface area (Å²) in [5.74, 6) is 3.87. The molecule has 0 bridgehead atoms. The fourth-order valence-electron chi connectivity index (χ4n) is 8.07. The number of rotatable bonds is 1. The molecule has 4 rings (SSSR count). The Kier molecular flexibility index (Phi) is 3.89. The van der Waals surface area contributed by atoms with Crippen LogP contribution in [0, 0.1) is 40.4 Å². The highest BCUT2D eigenvalue weighted by molar-refractivity contribution is 5.09. The predicted octanol–water partition coefficient (Wildman–Crippen LogP) is 4.39. The Labute approximate surface area is 142 Å². The van der Waals surface area contributed by atoms with Gasteiger partial charge in [0.1, 0.15) is 0 Å². The summed E-state index contributed by atoms with van der Waals surface area (Å²) >= 11 is 0. The molecular weight excluding hydrogens is 284 g/mol. The van der Waals surface area contributed by atoms with Crippen molar-refractivity contribution in [2.24, 2.45) is 40.4 Å². The number of aliphatic hydroxyl groups is 2. The van der Waals surface area contributed by atoms with Crippen LogP contribution in [0.3, 0.4) is 0 Å². The maximum atomic E-state index is 10.3. The van der Waals surface area contributed by atoms with Gasteiger partial charge in [0, 0.05) is 0 Å². The van der Waals surface area contributed by atoms with Crippen molar-refractivity contribution in [3.63, 3.8) is 0 Å². The summed E-state index contributed by atoms with van der Waals surface area (Å²) in [4.78, 5) is 0. The molecule has 0 radical (unpaired) electrons. The maximum absolute atomic E-state index is 10.3. The number of hydrogen-bond acceptors (Lipinski definition) is 2. The van der Waals surface area contributed by atoms with Gasteiger partial charge in [-0.15, -0.1) is 0 Å². The lowest BCUT2D eigenvalue weighted by Crippen LogP contribution is -2.54. The zero-order chi connectivity index (χ0) is 16.4. The predicted molar refractivity (Wildman–Crippen MR) is 92.9 cm³/mol. The van der Waals surface area contributed by atoms with E-state index < -0.39 is 0 Å². The van der Waals surface area contributed by atoms with Crippen molar-refractivity contribution in [3.05, 3.63) is 0 Å². The van der Waals surface area contributed by atoms with Gasteiger partial charge in [-0.05, 0) is 105 Å². The van der Waals surface area contributed by atoms with Gasteiger partial charge in [0.25, 0.3) is 0 Å². The van der Waals surface area contributed by atoms with E-state index in [1.165, 1.54) is 44.9 Å². The van der Waals surface area contributed by atoms with Crippen molar-refractivity contribution < 1.29 is 10.2 Å². The van der Waals surface area contributed by atoms with Gasteiger partial charge in [-0.1, -0.05) is 13.8 Å². The second kappa shape index (κ2) is 5.46.